The fourth-order valence-corrected chi connectivity index (χ4v) is 3.97. The molecule has 1 aromatic rings. The summed E-state index contributed by atoms with van der Waals surface area (Å²) in [5, 5.41) is 14.5. The standard InChI is InChI=1S/C15H20FNO/c1-9-5-11(16)6-10(2)14(9)15(18)7-12-3-4-13(8-15)17-12/h5-6,12-13,17-18H,3-4,7-8H2,1-2H3. The van der Waals surface area contributed by atoms with Gasteiger partial charge in [-0.25, -0.2) is 4.39 Å². The predicted octanol–water partition coefficient (Wildman–Crippen LogP) is 2.54. The average molecular weight is 249 g/mol. The molecule has 2 N–H and O–H groups in total. The SMILES string of the molecule is Cc1cc(F)cc(C)c1C1(O)CC2CCC(C1)N2. The highest BCUT2D eigenvalue weighted by Gasteiger charge is 2.44. The van der Waals surface area contributed by atoms with Gasteiger partial charge in [0, 0.05) is 12.1 Å². The zero-order valence-electron chi connectivity index (χ0n) is 11.0. The van der Waals surface area contributed by atoms with Gasteiger partial charge in [-0.1, -0.05) is 0 Å². The molecule has 2 nitrogen and oxygen atoms in total. The van der Waals surface area contributed by atoms with E-state index in [0.29, 0.717) is 12.1 Å². The zero-order chi connectivity index (χ0) is 12.9. The lowest BCUT2D eigenvalue weighted by molar-refractivity contribution is -0.0125. The minimum absolute atomic E-state index is 0.214. The summed E-state index contributed by atoms with van der Waals surface area (Å²) in [5.41, 5.74) is 1.91. The number of benzene rings is 1. The lowest BCUT2D eigenvalue weighted by Gasteiger charge is -2.39. The Morgan fingerprint density at radius 3 is 2.17 bits per heavy atom. The third-order valence-corrected chi connectivity index (χ3v) is 4.47. The molecule has 0 spiro atoms. The molecule has 2 unspecified atom stereocenters. The summed E-state index contributed by atoms with van der Waals surface area (Å²) in [7, 11) is 0. The molecule has 2 saturated heterocycles. The third kappa shape index (κ3) is 1.86. The van der Waals surface area contributed by atoms with Gasteiger partial charge in [-0.15, -0.1) is 0 Å². The number of aryl methyl sites for hydroxylation is 2. The van der Waals surface area contributed by atoms with Crippen molar-refractivity contribution < 1.29 is 9.50 Å². The molecule has 3 rings (SSSR count). The number of fused-ring (bicyclic) bond motifs is 2. The molecular weight excluding hydrogens is 229 g/mol. The summed E-state index contributed by atoms with van der Waals surface area (Å²) < 4.78 is 13.4. The molecule has 2 aliphatic rings. The smallest absolute Gasteiger partial charge is 0.123 e. The fourth-order valence-electron chi connectivity index (χ4n) is 3.97. The van der Waals surface area contributed by atoms with Crippen LogP contribution >= 0.6 is 0 Å². The Hall–Kier alpha value is -0.930. The van der Waals surface area contributed by atoms with E-state index >= 15 is 0 Å². The molecule has 2 atom stereocenters. The van der Waals surface area contributed by atoms with Gasteiger partial charge in [0.25, 0.3) is 0 Å². The van der Waals surface area contributed by atoms with Crippen LogP contribution in [0.4, 0.5) is 4.39 Å². The Kier molecular flexibility index (Phi) is 2.72. The minimum atomic E-state index is -0.779. The monoisotopic (exact) mass is 249 g/mol. The van der Waals surface area contributed by atoms with E-state index in [4.69, 9.17) is 0 Å². The highest BCUT2D eigenvalue weighted by molar-refractivity contribution is 5.40. The van der Waals surface area contributed by atoms with Crippen LogP contribution in [-0.4, -0.2) is 17.2 Å². The van der Waals surface area contributed by atoms with Gasteiger partial charge in [0.05, 0.1) is 5.60 Å². The van der Waals surface area contributed by atoms with Crippen LogP contribution in [0.25, 0.3) is 0 Å². The molecule has 1 aromatic carbocycles. The van der Waals surface area contributed by atoms with Crippen LogP contribution < -0.4 is 5.32 Å². The number of hydrogen-bond acceptors (Lipinski definition) is 2. The number of halogens is 1. The highest BCUT2D eigenvalue weighted by atomic mass is 19.1. The van der Waals surface area contributed by atoms with Crippen molar-refractivity contribution in [2.24, 2.45) is 0 Å². The number of rotatable bonds is 1. The molecule has 0 saturated carbocycles. The Morgan fingerprint density at radius 1 is 1.17 bits per heavy atom. The van der Waals surface area contributed by atoms with Crippen molar-refractivity contribution in [1.29, 1.82) is 0 Å². The second kappa shape index (κ2) is 4.04. The van der Waals surface area contributed by atoms with Crippen molar-refractivity contribution in [2.45, 2.75) is 57.2 Å². The first kappa shape index (κ1) is 12.1. The Bertz CT molecular complexity index is 450. The van der Waals surface area contributed by atoms with Crippen molar-refractivity contribution in [3.63, 3.8) is 0 Å². The van der Waals surface area contributed by atoms with Gasteiger partial charge in [0.2, 0.25) is 0 Å². The maximum Gasteiger partial charge on any atom is 0.123 e. The van der Waals surface area contributed by atoms with Crippen LogP contribution in [0.15, 0.2) is 12.1 Å². The van der Waals surface area contributed by atoms with Crippen molar-refractivity contribution in [3.8, 4) is 0 Å². The first-order valence-electron chi connectivity index (χ1n) is 6.73. The van der Waals surface area contributed by atoms with Crippen LogP contribution in [0.3, 0.4) is 0 Å². The van der Waals surface area contributed by atoms with Crippen molar-refractivity contribution >= 4 is 0 Å². The molecule has 18 heavy (non-hydrogen) atoms. The van der Waals surface area contributed by atoms with Crippen molar-refractivity contribution in [2.75, 3.05) is 0 Å². The number of nitrogens with one attached hydrogen (secondary N) is 1. The van der Waals surface area contributed by atoms with E-state index in [0.717, 1.165) is 42.4 Å². The van der Waals surface area contributed by atoms with Gasteiger partial charge < -0.3 is 10.4 Å². The van der Waals surface area contributed by atoms with Gasteiger partial charge in [-0.2, -0.15) is 0 Å². The van der Waals surface area contributed by atoms with Crippen LogP contribution in [0.5, 0.6) is 0 Å². The number of hydrogen-bond donors (Lipinski definition) is 2. The van der Waals surface area contributed by atoms with Crippen molar-refractivity contribution in [3.05, 3.63) is 34.6 Å². The number of aliphatic hydroxyl groups is 1. The van der Waals surface area contributed by atoms with E-state index in [1.807, 2.05) is 13.8 Å². The van der Waals surface area contributed by atoms with Gasteiger partial charge >= 0.3 is 0 Å². The fraction of sp³-hybridized carbons (Fsp3) is 0.600. The van der Waals surface area contributed by atoms with Crippen LogP contribution in [0.1, 0.15) is 42.4 Å². The summed E-state index contributed by atoms with van der Waals surface area (Å²) in [6, 6.07) is 3.89. The zero-order valence-corrected chi connectivity index (χ0v) is 11.0. The van der Waals surface area contributed by atoms with E-state index < -0.39 is 5.60 Å². The Labute approximate surface area is 107 Å². The van der Waals surface area contributed by atoms with Crippen LogP contribution in [0.2, 0.25) is 0 Å². The van der Waals surface area contributed by atoms with Crippen molar-refractivity contribution in [1.82, 2.24) is 5.32 Å². The van der Waals surface area contributed by atoms with E-state index in [-0.39, 0.29) is 5.82 Å². The second-order valence-corrected chi connectivity index (χ2v) is 5.99. The lowest BCUT2D eigenvalue weighted by atomic mass is 9.77. The summed E-state index contributed by atoms with van der Waals surface area (Å²) in [5.74, 6) is -0.214. The maximum absolute atomic E-state index is 13.4. The van der Waals surface area contributed by atoms with Gasteiger partial charge in [0.15, 0.2) is 0 Å². The molecule has 0 radical (unpaired) electrons. The quantitative estimate of drug-likeness (QED) is 0.801. The minimum Gasteiger partial charge on any atom is -0.385 e. The lowest BCUT2D eigenvalue weighted by Crippen LogP contribution is -2.47. The highest BCUT2D eigenvalue weighted by Crippen LogP contribution is 2.43. The first-order chi connectivity index (χ1) is 8.48. The summed E-state index contributed by atoms with van der Waals surface area (Å²) >= 11 is 0. The van der Waals surface area contributed by atoms with E-state index in [1.54, 1.807) is 0 Å². The second-order valence-electron chi connectivity index (χ2n) is 5.99. The molecule has 0 aromatic heterocycles. The maximum atomic E-state index is 13.4. The number of piperidine rings is 1. The molecular formula is C15H20FNO. The molecule has 3 heteroatoms. The summed E-state index contributed by atoms with van der Waals surface area (Å²) in [6.45, 7) is 3.79. The molecule has 2 fully saturated rings. The van der Waals surface area contributed by atoms with Gasteiger partial charge in [0.1, 0.15) is 5.82 Å². The third-order valence-electron chi connectivity index (χ3n) is 4.47. The predicted molar refractivity (Wildman–Crippen MR) is 69.0 cm³/mol. The van der Waals surface area contributed by atoms with Crippen LogP contribution in [-0.2, 0) is 5.60 Å². The molecule has 2 aliphatic heterocycles. The van der Waals surface area contributed by atoms with Crippen LogP contribution in [0, 0.1) is 19.7 Å². The normalized spacial score (nSPS) is 34.9. The molecule has 98 valence electrons. The first-order valence-corrected chi connectivity index (χ1v) is 6.73. The topological polar surface area (TPSA) is 32.3 Å². The summed E-state index contributed by atoms with van der Waals surface area (Å²) in [6.07, 6.45) is 3.78. The molecule has 0 aliphatic carbocycles. The van der Waals surface area contributed by atoms with Gasteiger partial charge in [-0.05, 0) is 68.4 Å². The summed E-state index contributed by atoms with van der Waals surface area (Å²) in [4.78, 5) is 0. The van der Waals surface area contributed by atoms with E-state index in [1.165, 1.54) is 12.1 Å². The molecule has 2 bridgehead atoms. The Morgan fingerprint density at radius 2 is 1.67 bits per heavy atom. The van der Waals surface area contributed by atoms with E-state index in [9.17, 15) is 9.50 Å². The average Bonchev–Trinajstić information content (AvgIpc) is 2.56. The molecule has 0 amide bonds. The Balaban J connectivity index is 2.04. The molecule has 2 heterocycles. The largest absolute Gasteiger partial charge is 0.385 e. The van der Waals surface area contributed by atoms with E-state index in [2.05, 4.69) is 5.32 Å². The van der Waals surface area contributed by atoms with Gasteiger partial charge in [-0.3, -0.25) is 0 Å².